The van der Waals surface area contributed by atoms with Crippen LogP contribution >= 0.6 is 0 Å². The largest absolute Gasteiger partial charge is 0.353 e. The molecule has 1 aliphatic carbocycles. The lowest BCUT2D eigenvalue weighted by atomic mass is 9.79. The highest BCUT2D eigenvalue weighted by Gasteiger charge is 2.33. The molecule has 66 valence electrons. The van der Waals surface area contributed by atoms with Crippen LogP contribution in [0.1, 0.15) is 32.1 Å². The Morgan fingerprint density at radius 3 is 2.75 bits per heavy atom. The molecular formula is C9H13NO2. The van der Waals surface area contributed by atoms with Gasteiger partial charge in [-0.05, 0) is 18.8 Å². The molecule has 3 heteroatoms. The number of Topliss-reactive ketones (excluding diaryl/α,β-unsaturated/α-hetero) is 1. The number of fused-ring (bicyclic) bond motifs is 1. The number of carbonyl (C=O) groups is 2. The summed E-state index contributed by atoms with van der Waals surface area (Å²) in [4.78, 5) is 22.1. The molecule has 1 aliphatic heterocycles. The molecule has 0 aromatic heterocycles. The van der Waals surface area contributed by atoms with Crippen LogP contribution in [0, 0.1) is 5.92 Å². The van der Waals surface area contributed by atoms with Gasteiger partial charge in [-0.1, -0.05) is 0 Å². The number of hydrogen-bond acceptors (Lipinski definition) is 2. The van der Waals surface area contributed by atoms with Gasteiger partial charge in [-0.25, -0.2) is 0 Å². The summed E-state index contributed by atoms with van der Waals surface area (Å²) in [5.74, 6) is 0.991. The Morgan fingerprint density at radius 2 is 1.92 bits per heavy atom. The zero-order valence-electron chi connectivity index (χ0n) is 7.01. The minimum Gasteiger partial charge on any atom is -0.353 e. The molecule has 0 radical (unpaired) electrons. The van der Waals surface area contributed by atoms with Crippen LogP contribution < -0.4 is 5.32 Å². The molecular weight excluding hydrogens is 154 g/mol. The fourth-order valence-electron chi connectivity index (χ4n) is 2.17. The summed E-state index contributed by atoms with van der Waals surface area (Å²) in [7, 11) is 0. The van der Waals surface area contributed by atoms with Crippen LogP contribution in [0.5, 0.6) is 0 Å². The maximum atomic E-state index is 11.1. The molecule has 0 spiro atoms. The number of piperidine rings is 1. The maximum Gasteiger partial charge on any atom is 0.220 e. The maximum absolute atomic E-state index is 11.1. The minimum atomic E-state index is 0.117. The number of nitrogens with one attached hydrogen (secondary N) is 1. The van der Waals surface area contributed by atoms with Gasteiger partial charge >= 0.3 is 0 Å². The summed E-state index contributed by atoms with van der Waals surface area (Å²) in [6, 6.07) is 0.160. The molecule has 12 heavy (non-hydrogen) atoms. The van der Waals surface area contributed by atoms with Crippen LogP contribution in [0.25, 0.3) is 0 Å². The van der Waals surface area contributed by atoms with E-state index in [9.17, 15) is 9.59 Å². The summed E-state index contributed by atoms with van der Waals surface area (Å²) < 4.78 is 0. The van der Waals surface area contributed by atoms with Crippen LogP contribution in [0.4, 0.5) is 0 Å². The highest BCUT2D eigenvalue weighted by molar-refractivity contribution is 5.83. The second-order valence-corrected chi connectivity index (χ2v) is 3.75. The summed E-state index contributed by atoms with van der Waals surface area (Å²) in [6.07, 6.45) is 3.89. The number of carbonyl (C=O) groups excluding carboxylic acids is 2. The Kier molecular flexibility index (Phi) is 1.87. The quantitative estimate of drug-likeness (QED) is 0.575. The molecule has 1 amide bonds. The second kappa shape index (κ2) is 2.88. The smallest absolute Gasteiger partial charge is 0.220 e. The third-order valence-electron chi connectivity index (χ3n) is 2.90. The lowest BCUT2D eigenvalue weighted by molar-refractivity contribution is -0.127. The molecule has 2 rings (SSSR count). The SMILES string of the molecule is O=C1CC[C@@H]2CCC(=O)N[C@@H]2C1. The average Bonchev–Trinajstić information content (AvgIpc) is 2.03. The predicted octanol–water partition coefficient (Wildman–Crippen LogP) is 0.634. The van der Waals surface area contributed by atoms with E-state index in [-0.39, 0.29) is 11.9 Å². The molecule has 3 nitrogen and oxygen atoms in total. The van der Waals surface area contributed by atoms with Gasteiger partial charge in [0.2, 0.25) is 5.91 Å². The lowest BCUT2D eigenvalue weighted by Gasteiger charge is -2.35. The van der Waals surface area contributed by atoms with Gasteiger partial charge in [-0.2, -0.15) is 0 Å². The molecule has 1 saturated heterocycles. The zero-order chi connectivity index (χ0) is 8.55. The van der Waals surface area contributed by atoms with Gasteiger partial charge in [0, 0.05) is 25.3 Å². The fourth-order valence-corrected chi connectivity index (χ4v) is 2.17. The second-order valence-electron chi connectivity index (χ2n) is 3.75. The molecule has 0 unspecified atom stereocenters. The van der Waals surface area contributed by atoms with Gasteiger partial charge in [0.1, 0.15) is 5.78 Å². The molecule has 1 heterocycles. The summed E-state index contributed by atoms with van der Waals surface area (Å²) in [5, 5.41) is 2.89. The Hall–Kier alpha value is -0.860. The number of hydrogen-bond donors (Lipinski definition) is 1. The molecule has 1 N–H and O–H groups in total. The van der Waals surface area contributed by atoms with E-state index >= 15 is 0 Å². The van der Waals surface area contributed by atoms with Gasteiger partial charge in [-0.15, -0.1) is 0 Å². The first-order chi connectivity index (χ1) is 5.75. The monoisotopic (exact) mass is 167 g/mol. The topological polar surface area (TPSA) is 46.2 Å². The van der Waals surface area contributed by atoms with E-state index in [2.05, 4.69) is 5.32 Å². The number of ketones is 1. The standard InChI is InChI=1S/C9H13NO2/c11-7-3-1-6-2-4-9(12)10-8(6)5-7/h6,8H,1-5H2,(H,10,12)/t6-,8-/m1/s1. The van der Waals surface area contributed by atoms with Crippen molar-refractivity contribution in [2.45, 2.75) is 38.1 Å². The zero-order valence-corrected chi connectivity index (χ0v) is 7.01. The van der Waals surface area contributed by atoms with Crippen molar-refractivity contribution in [3.63, 3.8) is 0 Å². The van der Waals surface area contributed by atoms with E-state index in [1.165, 1.54) is 0 Å². The first-order valence-corrected chi connectivity index (χ1v) is 4.57. The van der Waals surface area contributed by atoms with Gasteiger partial charge in [0.25, 0.3) is 0 Å². The summed E-state index contributed by atoms with van der Waals surface area (Å²) in [5.41, 5.74) is 0. The summed E-state index contributed by atoms with van der Waals surface area (Å²) >= 11 is 0. The van der Waals surface area contributed by atoms with Crippen molar-refractivity contribution >= 4 is 11.7 Å². The molecule has 2 fully saturated rings. The summed E-state index contributed by atoms with van der Waals surface area (Å²) in [6.45, 7) is 0. The third kappa shape index (κ3) is 1.36. The Labute approximate surface area is 71.5 Å². The van der Waals surface area contributed by atoms with E-state index in [1.54, 1.807) is 0 Å². The Morgan fingerprint density at radius 1 is 1.17 bits per heavy atom. The van der Waals surface area contributed by atoms with Gasteiger partial charge in [0.15, 0.2) is 0 Å². The molecule has 2 atom stereocenters. The van der Waals surface area contributed by atoms with Crippen LogP contribution in [0.15, 0.2) is 0 Å². The highest BCUT2D eigenvalue weighted by Crippen LogP contribution is 2.28. The van der Waals surface area contributed by atoms with Crippen molar-refractivity contribution < 1.29 is 9.59 Å². The Balaban J connectivity index is 2.03. The number of amides is 1. The first kappa shape index (κ1) is 7.77. The van der Waals surface area contributed by atoms with Crippen molar-refractivity contribution in [1.29, 1.82) is 0 Å². The van der Waals surface area contributed by atoms with Crippen LogP contribution in [0.2, 0.25) is 0 Å². The van der Waals surface area contributed by atoms with E-state index in [0.717, 1.165) is 19.3 Å². The lowest BCUT2D eigenvalue weighted by Crippen LogP contribution is -2.48. The van der Waals surface area contributed by atoms with Crippen molar-refractivity contribution in [3.05, 3.63) is 0 Å². The Bertz CT molecular complexity index is 203. The van der Waals surface area contributed by atoms with Crippen molar-refractivity contribution in [3.8, 4) is 0 Å². The fraction of sp³-hybridized carbons (Fsp3) is 0.778. The van der Waals surface area contributed by atoms with E-state index in [4.69, 9.17) is 0 Å². The molecule has 0 bridgehead atoms. The molecule has 0 aromatic carbocycles. The normalized spacial score (nSPS) is 35.7. The highest BCUT2D eigenvalue weighted by atomic mass is 16.2. The van der Waals surface area contributed by atoms with E-state index in [0.29, 0.717) is 24.5 Å². The van der Waals surface area contributed by atoms with Gasteiger partial charge in [0.05, 0.1) is 0 Å². The molecule has 1 saturated carbocycles. The van der Waals surface area contributed by atoms with Crippen LogP contribution in [-0.2, 0) is 9.59 Å². The number of rotatable bonds is 0. The van der Waals surface area contributed by atoms with Crippen molar-refractivity contribution in [2.75, 3.05) is 0 Å². The van der Waals surface area contributed by atoms with Crippen LogP contribution in [-0.4, -0.2) is 17.7 Å². The van der Waals surface area contributed by atoms with E-state index in [1.807, 2.05) is 0 Å². The van der Waals surface area contributed by atoms with Crippen LogP contribution in [0.3, 0.4) is 0 Å². The van der Waals surface area contributed by atoms with Gasteiger partial charge < -0.3 is 5.32 Å². The van der Waals surface area contributed by atoms with Gasteiger partial charge in [-0.3, -0.25) is 9.59 Å². The molecule has 0 aromatic rings. The molecule has 2 aliphatic rings. The minimum absolute atomic E-state index is 0.117. The predicted molar refractivity (Wildman–Crippen MR) is 43.5 cm³/mol. The third-order valence-corrected chi connectivity index (χ3v) is 2.90. The average molecular weight is 167 g/mol. The van der Waals surface area contributed by atoms with E-state index < -0.39 is 0 Å². The van der Waals surface area contributed by atoms with Crippen molar-refractivity contribution in [1.82, 2.24) is 5.32 Å². The first-order valence-electron chi connectivity index (χ1n) is 4.57. The van der Waals surface area contributed by atoms with Crippen molar-refractivity contribution in [2.24, 2.45) is 5.92 Å².